The zero-order valence-electron chi connectivity index (χ0n) is 15.9. The lowest BCUT2D eigenvalue weighted by atomic mass is 10.1. The van der Waals surface area contributed by atoms with Crippen LogP contribution in [0.1, 0.15) is 30.1 Å². The highest BCUT2D eigenvalue weighted by molar-refractivity contribution is 5.94. The third kappa shape index (κ3) is 6.41. The SMILES string of the molecule is CCNC(=O)N1CCCC(O)C(NC(=O)c2ccc(OCCOC)cc2)C1. The van der Waals surface area contributed by atoms with Gasteiger partial charge in [0, 0.05) is 32.3 Å². The van der Waals surface area contributed by atoms with E-state index in [1.807, 2.05) is 6.92 Å². The summed E-state index contributed by atoms with van der Waals surface area (Å²) in [5.74, 6) is 0.362. The summed E-state index contributed by atoms with van der Waals surface area (Å²) in [7, 11) is 1.60. The zero-order chi connectivity index (χ0) is 19.6. The Balaban J connectivity index is 1.96. The van der Waals surface area contributed by atoms with Gasteiger partial charge in [0.1, 0.15) is 12.4 Å². The Morgan fingerprint density at radius 3 is 2.67 bits per heavy atom. The average Bonchev–Trinajstić information content (AvgIpc) is 2.84. The van der Waals surface area contributed by atoms with Crippen LogP contribution in [0.4, 0.5) is 4.79 Å². The Labute approximate surface area is 159 Å². The molecule has 1 aliphatic heterocycles. The van der Waals surface area contributed by atoms with Crippen LogP contribution in [0.25, 0.3) is 0 Å². The molecule has 8 heteroatoms. The number of urea groups is 1. The molecule has 150 valence electrons. The van der Waals surface area contributed by atoms with E-state index in [4.69, 9.17) is 9.47 Å². The third-order valence-corrected chi connectivity index (χ3v) is 4.41. The summed E-state index contributed by atoms with van der Waals surface area (Å²) in [6, 6.07) is 6.08. The molecule has 0 bridgehead atoms. The smallest absolute Gasteiger partial charge is 0.317 e. The number of carbonyl (C=O) groups is 2. The number of nitrogens with one attached hydrogen (secondary N) is 2. The van der Waals surface area contributed by atoms with E-state index in [2.05, 4.69) is 10.6 Å². The van der Waals surface area contributed by atoms with Crippen LogP contribution in [0.2, 0.25) is 0 Å². The van der Waals surface area contributed by atoms with Crippen molar-refractivity contribution in [1.29, 1.82) is 0 Å². The molecule has 2 rings (SSSR count). The minimum atomic E-state index is -0.690. The van der Waals surface area contributed by atoms with Gasteiger partial charge in [-0.25, -0.2) is 4.79 Å². The largest absolute Gasteiger partial charge is 0.491 e. The van der Waals surface area contributed by atoms with Gasteiger partial charge in [-0.3, -0.25) is 4.79 Å². The lowest BCUT2D eigenvalue weighted by Gasteiger charge is -2.27. The molecule has 1 heterocycles. The van der Waals surface area contributed by atoms with E-state index in [1.165, 1.54) is 0 Å². The molecule has 27 heavy (non-hydrogen) atoms. The fourth-order valence-electron chi connectivity index (χ4n) is 2.93. The van der Waals surface area contributed by atoms with Crippen LogP contribution in [0.15, 0.2) is 24.3 Å². The van der Waals surface area contributed by atoms with Crippen LogP contribution in [-0.2, 0) is 4.74 Å². The normalized spacial score (nSPS) is 19.9. The first-order chi connectivity index (χ1) is 13.0. The number of aliphatic hydroxyl groups is 1. The number of hydrogen-bond acceptors (Lipinski definition) is 5. The number of methoxy groups -OCH3 is 1. The predicted molar refractivity (Wildman–Crippen MR) is 101 cm³/mol. The lowest BCUT2D eigenvalue weighted by Crippen LogP contribution is -2.51. The number of rotatable bonds is 7. The molecule has 0 spiro atoms. The minimum Gasteiger partial charge on any atom is -0.491 e. The molecule has 0 saturated carbocycles. The molecule has 0 aromatic heterocycles. The van der Waals surface area contributed by atoms with E-state index >= 15 is 0 Å². The number of hydrogen-bond donors (Lipinski definition) is 3. The second-order valence-corrected chi connectivity index (χ2v) is 6.44. The molecule has 8 nitrogen and oxygen atoms in total. The minimum absolute atomic E-state index is 0.177. The van der Waals surface area contributed by atoms with Gasteiger partial charge < -0.3 is 30.1 Å². The molecular weight excluding hydrogens is 350 g/mol. The van der Waals surface area contributed by atoms with E-state index in [-0.39, 0.29) is 18.5 Å². The molecule has 0 radical (unpaired) electrons. The summed E-state index contributed by atoms with van der Waals surface area (Å²) in [6.07, 6.45) is 0.538. The average molecular weight is 379 g/mol. The van der Waals surface area contributed by atoms with Gasteiger partial charge in [-0.1, -0.05) is 0 Å². The van der Waals surface area contributed by atoms with Gasteiger partial charge in [0.2, 0.25) is 0 Å². The molecule has 1 aromatic carbocycles. The monoisotopic (exact) mass is 379 g/mol. The molecule has 1 aromatic rings. The summed E-state index contributed by atoms with van der Waals surface area (Å²) in [4.78, 5) is 26.3. The maximum atomic E-state index is 12.5. The first-order valence-electron chi connectivity index (χ1n) is 9.28. The molecular formula is C19H29N3O5. The van der Waals surface area contributed by atoms with Crippen molar-refractivity contribution in [3.63, 3.8) is 0 Å². The molecule has 3 amide bonds. The van der Waals surface area contributed by atoms with Crippen LogP contribution < -0.4 is 15.4 Å². The molecule has 1 fully saturated rings. The maximum absolute atomic E-state index is 12.5. The maximum Gasteiger partial charge on any atom is 0.317 e. The van der Waals surface area contributed by atoms with E-state index in [9.17, 15) is 14.7 Å². The summed E-state index contributed by atoms with van der Waals surface area (Å²) >= 11 is 0. The van der Waals surface area contributed by atoms with Gasteiger partial charge in [-0.2, -0.15) is 0 Å². The summed E-state index contributed by atoms with van der Waals surface area (Å²) in [5, 5.41) is 15.9. The highest BCUT2D eigenvalue weighted by Crippen LogP contribution is 2.15. The molecule has 2 unspecified atom stereocenters. The summed E-state index contributed by atoms with van der Waals surface area (Å²) in [6.45, 7) is 4.15. The van der Waals surface area contributed by atoms with E-state index in [1.54, 1.807) is 36.3 Å². The van der Waals surface area contributed by atoms with Crippen LogP contribution in [0.3, 0.4) is 0 Å². The van der Waals surface area contributed by atoms with Gasteiger partial charge in [-0.05, 0) is 44.0 Å². The van der Waals surface area contributed by atoms with Crippen molar-refractivity contribution < 1.29 is 24.2 Å². The van der Waals surface area contributed by atoms with Crippen molar-refractivity contribution in [2.24, 2.45) is 0 Å². The van der Waals surface area contributed by atoms with Gasteiger partial charge in [0.05, 0.1) is 18.8 Å². The Morgan fingerprint density at radius 1 is 1.26 bits per heavy atom. The first-order valence-corrected chi connectivity index (χ1v) is 9.28. The second kappa shape index (κ2) is 10.7. The van der Waals surface area contributed by atoms with E-state index in [0.717, 1.165) is 0 Å². The number of amides is 3. The molecule has 2 atom stereocenters. The Kier molecular flexibility index (Phi) is 8.35. The zero-order valence-corrected chi connectivity index (χ0v) is 15.9. The van der Waals surface area contributed by atoms with E-state index in [0.29, 0.717) is 50.5 Å². The molecule has 0 aliphatic carbocycles. The van der Waals surface area contributed by atoms with Gasteiger partial charge in [-0.15, -0.1) is 0 Å². The van der Waals surface area contributed by atoms with Crippen molar-refractivity contribution in [2.75, 3.05) is 40.0 Å². The Morgan fingerprint density at radius 2 is 2.00 bits per heavy atom. The third-order valence-electron chi connectivity index (χ3n) is 4.41. The molecule has 1 aliphatic rings. The van der Waals surface area contributed by atoms with Crippen LogP contribution in [0.5, 0.6) is 5.75 Å². The van der Waals surface area contributed by atoms with Crippen molar-refractivity contribution >= 4 is 11.9 Å². The van der Waals surface area contributed by atoms with Crippen molar-refractivity contribution in [1.82, 2.24) is 15.5 Å². The standard InChI is InChI=1S/C19H29N3O5/c1-3-20-19(25)22-10-4-5-17(23)16(13-22)21-18(24)14-6-8-15(9-7-14)27-12-11-26-2/h6-9,16-17,23H,3-5,10-13H2,1-2H3,(H,20,25)(H,21,24). The summed E-state index contributed by atoms with van der Waals surface area (Å²) in [5.41, 5.74) is 0.468. The fourth-order valence-corrected chi connectivity index (χ4v) is 2.93. The number of ether oxygens (including phenoxy) is 2. The number of aliphatic hydroxyl groups excluding tert-OH is 1. The fraction of sp³-hybridized carbons (Fsp3) is 0.579. The van der Waals surface area contributed by atoms with Gasteiger partial charge in [0.25, 0.3) is 5.91 Å². The van der Waals surface area contributed by atoms with Crippen LogP contribution in [0, 0.1) is 0 Å². The van der Waals surface area contributed by atoms with Crippen LogP contribution >= 0.6 is 0 Å². The topological polar surface area (TPSA) is 100 Å². The second-order valence-electron chi connectivity index (χ2n) is 6.44. The highest BCUT2D eigenvalue weighted by Gasteiger charge is 2.29. The van der Waals surface area contributed by atoms with E-state index < -0.39 is 12.1 Å². The van der Waals surface area contributed by atoms with Gasteiger partial charge in [0.15, 0.2) is 0 Å². The van der Waals surface area contributed by atoms with Crippen molar-refractivity contribution in [2.45, 2.75) is 31.9 Å². The van der Waals surface area contributed by atoms with Crippen molar-refractivity contribution in [3.8, 4) is 5.75 Å². The van der Waals surface area contributed by atoms with Gasteiger partial charge >= 0.3 is 6.03 Å². The lowest BCUT2D eigenvalue weighted by molar-refractivity contribution is 0.0809. The number of benzene rings is 1. The predicted octanol–water partition coefficient (Wildman–Crippen LogP) is 0.996. The quantitative estimate of drug-likeness (QED) is 0.614. The number of nitrogens with zero attached hydrogens (tertiary/aromatic N) is 1. The number of likely N-dealkylation sites (tertiary alicyclic amines) is 1. The van der Waals surface area contributed by atoms with Crippen LogP contribution in [-0.4, -0.2) is 74.0 Å². The Bertz CT molecular complexity index is 608. The molecule has 1 saturated heterocycles. The molecule has 3 N–H and O–H groups in total. The Hall–Kier alpha value is -2.32. The van der Waals surface area contributed by atoms with Crippen molar-refractivity contribution in [3.05, 3.63) is 29.8 Å². The highest BCUT2D eigenvalue weighted by atomic mass is 16.5. The number of carbonyl (C=O) groups excluding carboxylic acids is 2. The first kappa shape index (κ1) is 21.0. The summed E-state index contributed by atoms with van der Waals surface area (Å²) < 4.78 is 10.4.